The molecule has 1 aromatic rings. The van der Waals surface area contributed by atoms with Crippen LogP contribution >= 0.6 is 0 Å². The molecule has 3 nitrogen and oxygen atoms in total. The third-order valence-corrected chi connectivity index (χ3v) is 2.43. The van der Waals surface area contributed by atoms with E-state index in [1.54, 1.807) is 13.2 Å². The second-order valence-corrected chi connectivity index (χ2v) is 3.86. The van der Waals surface area contributed by atoms with Gasteiger partial charge in [-0.2, -0.15) is 0 Å². The molecule has 0 spiro atoms. The predicted octanol–water partition coefficient (Wildman–Crippen LogP) is 2.22. The van der Waals surface area contributed by atoms with Crippen LogP contribution in [0, 0.1) is 0 Å². The lowest BCUT2D eigenvalue weighted by Gasteiger charge is -2.15. The topological polar surface area (TPSA) is 29.5 Å². The van der Waals surface area contributed by atoms with Gasteiger partial charge in [-0.25, -0.2) is 0 Å². The Kier molecular flexibility index (Phi) is 4.99. The molecule has 0 unspecified atom stereocenters. The third kappa shape index (κ3) is 3.35. The van der Waals surface area contributed by atoms with Crippen LogP contribution in [0.4, 0.5) is 0 Å². The van der Waals surface area contributed by atoms with Crippen molar-refractivity contribution in [1.82, 2.24) is 4.90 Å². The van der Waals surface area contributed by atoms with Crippen LogP contribution in [0.2, 0.25) is 0 Å². The largest absolute Gasteiger partial charge is 0.496 e. The van der Waals surface area contributed by atoms with Gasteiger partial charge in [0.2, 0.25) is 0 Å². The lowest BCUT2D eigenvalue weighted by atomic mass is 10.1. The molecule has 0 heterocycles. The van der Waals surface area contributed by atoms with Gasteiger partial charge in [-0.3, -0.25) is 9.69 Å². The minimum Gasteiger partial charge on any atom is -0.496 e. The summed E-state index contributed by atoms with van der Waals surface area (Å²) in [6, 6.07) is 7.34. The van der Waals surface area contributed by atoms with Gasteiger partial charge in [-0.05, 0) is 32.1 Å². The van der Waals surface area contributed by atoms with Crippen molar-refractivity contribution in [2.75, 3.05) is 27.2 Å². The molecule has 0 saturated carbocycles. The number of hydrogen-bond acceptors (Lipinski definition) is 3. The van der Waals surface area contributed by atoms with Crippen molar-refractivity contribution in [3.05, 3.63) is 29.8 Å². The van der Waals surface area contributed by atoms with E-state index in [4.69, 9.17) is 4.74 Å². The number of methoxy groups -OCH3 is 1. The molecular weight excluding hydrogens is 202 g/mol. The van der Waals surface area contributed by atoms with Gasteiger partial charge >= 0.3 is 0 Å². The van der Waals surface area contributed by atoms with Crippen LogP contribution in [0.15, 0.2) is 24.3 Å². The molecule has 0 amide bonds. The number of hydrogen-bond donors (Lipinski definition) is 0. The summed E-state index contributed by atoms with van der Waals surface area (Å²) in [4.78, 5) is 14.0. The van der Waals surface area contributed by atoms with Crippen LogP contribution in [0.5, 0.6) is 5.75 Å². The zero-order valence-corrected chi connectivity index (χ0v) is 10.2. The highest BCUT2D eigenvalue weighted by molar-refractivity contribution is 6.00. The van der Waals surface area contributed by atoms with Gasteiger partial charge in [0.15, 0.2) is 5.78 Å². The van der Waals surface area contributed by atoms with Crippen LogP contribution in [-0.2, 0) is 0 Å². The van der Waals surface area contributed by atoms with Crippen molar-refractivity contribution in [1.29, 1.82) is 0 Å². The van der Waals surface area contributed by atoms with Gasteiger partial charge in [0.05, 0.1) is 19.2 Å². The monoisotopic (exact) mass is 221 g/mol. The van der Waals surface area contributed by atoms with E-state index in [-0.39, 0.29) is 5.78 Å². The molecule has 0 aliphatic carbocycles. The first-order valence-corrected chi connectivity index (χ1v) is 5.53. The number of rotatable bonds is 6. The highest BCUT2D eigenvalue weighted by Gasteiger charge is 2.12. The fraction of sp³-hybridized carbons (Fsp3) is 0.462. The van der Waals surface area contributed by atoms with E-state index in [1.807, 2.05) is 30.1 Å². The average Bonchev–Trinajstić information content (AvgIpc) is 2.29. The molecule has 3 heteroatoms. The molecule has 0 radical (unpaired) electrons. The minimum absolute atomic E-state index is 0.105. The number of para-hydroxylation sites is 1. The normalized spacial score (nSPS) is 10.5. The quantitative estimate of drug-likeness (QED) is 0.690. The van der Waals surface area contributed by atoms with Gasteiger partial charge in [0.25, 0.3) is 0 Å². The number of Topliss-reactive ketones (excluding diaryl/α,β-unsaturated/α-hetero) is 1. The molecule has 1 rings (SSSR count). The fourth-order valence-electron chi connectivity index (χ4n) is 1.67. The highest BCUT2D eigenvalue weighted by atomic mass is 16.5. The highest BCUT2D eigenvalue weighted by Crippen LogP contribution is 2.17. The van der Waals surface area contributed by atoms with Gasteiger partial charge in [-0.15, -0.1) is 0 Å². The average molecular weight is 221 g/mol. The second kappa shape index (κ2) is 6.28. The molecule has 0 fully saturated rings. The molecule has 88 valence electrons. The van der Waals surface area contributed by atoms with E-state index < -0.39 is 0 Å². The van der Waals surface area contributed by atoms with Gasteiger partial charge < -0.3 is 4.74 Å². The Hall–Kier alpha value is -1.35. The third-order valence-electron chi connectivity index (χ3n) is 2.43. The fourth-order valence-corrected chi connectivity index (χ4v) is 1.67. The predicted molar refractivity (Wildman–Crippen MR) is 65.1 cm³/mol. The molecule has 0 atom stereocenters. The van der Waals surface area contributed by atoms with Crippen LogP contribution in [0.25, 0.3) is 0 Å². The maximum atomic E-state index is 12.0. The molecule has 0 aliphatic rings. The van der Waals surface area contributed by atoms with Crippen molar-refractivity contribution in [2.45, 2.75) is 13.3 Å². The van der Waals surface area contributed by atoms with E-state index in [1.165, 1.54) is 0 Å². The van der Waals surface area contributed by atoms with Crippen molar-refractivity contribution in [2.24, 2.45) is 0 Å². The lowest BCUT2D eigenvalue weighted by molar-refractivity contribution is 0.0943. The summed E-state index contributed by atoms with van der Waals surface area (Å²) in [5, 5.41) is 0. The Bertz CT molecular complexity index is 350. The summed E-state index contributed by atoms with van der Waals surface area (Å²) in [7, 11) is 3.54. The standard InChI is InChI=1S/C13H19NO2/c1-4-9-14(2)10-12(15)11-7-5-6-8-13(11)16-3/h5-8H,4,9-10H2,1-3H3. The molecule has 16 heavy (non-hydrogen) atoms. The summed E-state index contributed by atoms with van der Waals surface area (Å²) >= 11 is 0. The molecule has 0 bridgehead atoms. The molecule has 0 N–H and O–H groups in total. The first-order chi connectivity index (χ1) is 7.69. The maximum absolute atomic E-state index is 12.0. The number of likely N-dealkylation sites (N-methyl/N-ethyl adjacent to an activating group) is 1. The van der Waals surface area contributed by atoms with Crippen LogP contribution in [0.1, 0.15) is 23.7 Å². The van der Waals surface area contributed by atoms with E-state index in [9.17, 15) is 4.79 Å². The number of ether oxygens (including phenoxy) is 1. The van der Waals surface area contributed by atoms with Crippen LogP contribution in [0.3, 0.4) is 0 Å². The SMILES string of the molecule is CCCN(C)CC(=O)c1ccccc1OC. The van der Waals surface area contributed by atoms with Crippen molar-refractivity contribution in [3.63, 3.8) is 0 Å². The molecule has 0 saturated heterocycles. The van der Waals surface area contributed by atoms with Crippen molar-refractivity contribution >= 4 is 5.78 Å². The zero-order chi connectivity index (χ0) is 12.0. The summed E-state index contributed by atoms with van der Waals surface area (Å²) in [6.07, 6.45) is 1.05. The summed E-state index contributed by atoms with van der Waals surface area (Å²) < 4.78 is 5.17. The van der Waals surface area contributed by atoms with E-state index >= 15 is 0 Å². The van der Waals surface area contributed by atoms with Crippen molar-refractivity contribution in [3.8, 4) is 5.75 Å². The first kappa shape index (κ1) is 12.7. The van der Waals surface area contributed by atoms with Crippen LogP contribution < -0.4 is 4.74 Å². The number of benzene rings is 1. The zero-order valence-electron chi connectivity index (χ0n) is 10.2. The molecule has 1 aromatic carbocycles. The smallest absolute Gasteiger partial charge is 0.180 e. The van der Waals surface area contributed by atoms with E-state index in [0.29, 0.717) is 17.9 Å². The number of nitrogens with zero attached hydrogens (tertiary/aromatic N) is 1. The Morgan fingerprint density at radius 1 is 1.38 bits per heavy atom. The summed E-state index contributed by atoms with van der Waals surface area (Å²) in [5.41, 5.74) is 0.660. The molecular formula is C13H19NO2. The summed E-state index contributed by atoms with van der Waals surface area (Å²) in [6.45, 7) is 3.47. The molecule has 0 aromatic heterocycles. The van der Waals surface area contributed by atoms with Gasteiger partial charge in [-0.1, -0.05) is 19.1 Å². The number of carbonyl (C=O) groups is 1. The Morgan fingerprint density at radius 3 is 2.69 bits per heavy atom. The van der Waals surface area contributed by atoms with Crippen LogP contribution in [-0.4, -0.2) is 37.9 Å². The van der Waals surface area contributed by atoms with Gasteiger partial charge in [0.1, 0.15) is 5.75 Å². The maximum Gasteiger partial charge on any atom is 0.180 e. The number of ketones is 1. The Balaban J connectivity index is 2.72. The molecule has 0 aliphatic heterocycles. The van der Waals surface area contributed by atoms with E-state index in [0.717, 1.165) is 13.0 Å². The Morgan fingerprint density at radius 2 is 2.06 bits per heavy atom. The summed E-state index contributed by atoms with van der Waals surface area (Å²) in [5.74, 6) is 0.755. The Labute approximate surface area is 97.0 Å². The van der Waals surface area contributed by atoms with Gasteiger partial charge in [0, 0.05) is 0 Å². The van der Waals surface area contributed by atoms with E-state index in [2.05, 4.69) is 6.92 Å². The van der Waals surface area contributed by atoms with Crippen molar-refractivity contribution < 1.29 is 9.53 Å². The lowest BCUT2D eigenvalue weighted by Crippen LogP contribution is -2.26. The first-order valence-electron chi connectivity index (χ1n) is 5.53. The second-order valence-electron chi connectivity index (χ2n) is 3.86. The minimum atomic E-state index is 0.105. The number of carbonyl (C=O) groups excluding carboxylic acids is 1.